The molecule has 0 aromatic heterocycles. The molecule has 0 aliphatic rings. The molecule has 2 aromatic rings. The van der Waals surface area contributed by atoms with Gasteiger partial charge in [-0.05, 0) is 16.3 Å². The first kappa shape index (κ1) is 11.6. The Morgan fingerprint density at radius 1 is 1.24 bits per heavy atom. The number of nitrogens with two attached hydrogens (primary N) is 1. The van der Waals surface area contributed by atoms with Gasteiger partial charge in [0.25, 0.3) is 0 Å². The van der Waals surface area contributed by atoms with Crippen molar-refractivity contribution in [3.05, 3.63) is 48.0 Å². The molecular weight excluding hydrogens is 214 g/mol. The second-order valence-corrected chi connectivity index (χ2v) is 3.88. The molecule has 1 atom stereocenters. The highest BCUT2D eigenvalue weighted by molar-refractivity contribution is 5.91. The molecule has 0 spiro atoms. The lowest BCUT2D eigenvalue weighted by atomic mass is 9.93. The van der Waals surface area contributed by atoms with Crippen LogP contribution in [0, 0.1) is 0 Å². The summed E-state index contributed by atoms with van der Waals surface area (Å²) in [7, 11) is 1.39. The highest BCUT2D eigenvalue weighted by Crippen LogP contribution is 2.25. The summed E-state index contributed by atoms with van der Waals surface area (Å²) in [6.07, 6.45) is 0. The number of carbonyl (C=O) groups is 1. The van der Waals surface area contributed by atoms with E-state index in [-0.39, 0.29) is 12.5 Å². The van der Waals surface area contributed by atoms with Crippen molar-refractivity contribution >= 4 is 16.7 Å². The highest BCUT2D eigenvalue weighted by atomic mass is 16.5. The van der Waals surface area contributed by atoms with E-state index in [1.165, 1.54) is 7.11 Å². The first-order valence-electron chi connectivity index (χ1n) is 5.53. The van der Waals surface area contributed by atoms with E-state index in [2.05, 4.69) is 0 Å². The van der Waals surface area contributed by atoms with Crippen molar-refractivity contribution in [3.8, 4) is 0 Å². The molecule has 0 radical (unpaired) electrons. The first-order valence-corrected chi connectivity index (χ1v) is 5.53. The van der Waals surface area contributed by atoms with Gasteiger partial charge in [0.1, 0.15) is 0 Å². The number of rotatable bonds is 3. The molecule has 17 heavy (non-hydrogen) atoms. The van der Waals surface area contributed by atoms with Gasteiger partial charge in [-0.25, -0.2) is 0 Å². The molecule has 0 heterocycles. The van der Waals surface area contributed by atoms with Crippen LogP contribution in [0.25, 0.3) is 10.8 Å². The Balaban J connectivity index is 2.57. The fourth-order valence-electron chi connectivity index (χ4n) is 2.05. The summed E-state index contributed by atoms with van der Waals surface area (Å²) < 4.78 is 4.79. The van der Waals surface area contributed by atoms with Crippen LogP contribution in [0.2, 0.25) is 0 Å². The average Bonchev–Trinajstić information content (AvgIpc) is 2.39. The Labute approximate surface area is 100 Å². The molecule has 3 heteroatoms. The van der Waals surface area contributed by atoms with Crippen LogP contribution < -0.4 is 5.73 Å². The van der Waals surface area contributed by atoms with Gasteiger partial charge in [0.2, 0.25) is 0 Å². The molecule has 2 rings (SSSR count). The monoisotopic (exact) mass is 229 g/mol. The molecule has 0 bridgehead atoms. The van der Waals surface area contributed by atoms with Gasteiger partial charge in [-0.2, -0.15) is 0 Å². The normalized spacial score (nSPS) is 12.4. The van der Waals surface area contributed by atoms with Gasteiger partial charge in [0.15, 0.2) is 0 Å². The quantitative estimate of drug-likeness (QED) is 0.819. The molecule has 88 valence electrons. The van der Waals surface area contributed by atoms with Gasteiger partial charge < -0.3 is 10.5 Å². The predicted molar refractivity (Wildman–Crippen MR) is 67.8 cm³/mol. The largest absolute Gasteiger partial charge is 0.469 e. The molecular formula is C14H15NO2. The Morgan fingerprint density at radius 2 is 1.94 bits per heavy atom. The molecule has 1 unspecified atom stereocenters. The minimum atomic E-state index is -0.397. The SMILES string of the molecule is COC(=O)C(CN)c1cccc2ccccc12. The van der Waals surface area contributed by atoms with E-state index < -0.39 is 5.92 Å². The number of esters is 1. The van der Waals surface area contributed by atoms with Crippen molar-refractivity contribution in [2.75, 3.05) is 13.7 Å². The van der Waals surface area contributed by atoms with Gasteiger partial charge >= 0.3 is 5.97 Å². The first-order chi connectivity index (χ1) is 8.27. The van der Waals surface area contributed by atoms with E-state index >= 15 is 0 Å². The number of methoxy groups -OCH3 is 1. The van der Waals surface area contributed by atoms with E-state index in [0.717, 1.165) is 16.3 Å². The maximum absolute atomic E-state index is 11.7. The predicted octanol–water partition coefficient (Wildman–Crippen LogP) is 2.06. The van der Waals surface area contributed by atoms with Gasteiger partial charge in [-0.1, -0.05) is 42.5 Å². The number of fused-ring (bicyclic) bond motifs is 1. The Hall–Kier alpha value is -1.87. The zero-order chi connectivity index (χ0) is 12.3. The second kappa shape index (κ2) is 4.97. The van der Waals surface area contributed by atoms with Crippen LogP contribution in [0.15, 0.2) is 42.5 Å². The molecule has 3 nitrogen and oxygen atoms in total. The molecule has 0 saturated carbocycles. The van der Waals surface area contributed by atoms with Crippen molar-refractivity contribution < 1.29 is 9.53 Å². The van der Waals surface area contributed by atoms with Crippen LogP contribution in [0.1, 0.15) is 11.5 Å². The Bertz CT molecular complexity index is 531. The zero-order valence-corrected chi connectivity index (χ0v) is 9.72. The highest BCUT2D eigenvalue weighted by Gasteiger charge is 2.21. The van der Waals surface area contributed by atoms with Gasteiger partial charge in [0, 0.05) is 6.54 Å². The van der Waals surface area contributed by atoms with Crippen LogP contribution in [-0.2, 0) is 9.53 Å². The number of hydrogen-bond donors (Lipinski definition) is 1. The summed E-state index contributed by atoms with van der Waals surface area (Å²) in [6.45, 7) is 0.251. The third-order valence-corrected chi connectivity index (χ3v) is 2.92. The molecule has 0 aliphatic heterocycles. The fraction of sp³-hybridized carbons (Fsp3) is 0.214. The lowest BCUT2D eigenvalue weighted by molar-refractivity contribution is -0.142. The van der Waals surface area contributed by atoms with Crippen LogP contribution in [-0.4, -0.2) is 19.6 Å². The summed E-state index contributed by atoms with van der Waals surface area (Å²) in [6, 6.07) is 13.8. The van der Waals surface area contributed by atoms with Crippen molar-refractivity contribution in [1.29, 1.82) is 0 Å². The van der Waals surface area contributed by atoms with Gasteiger partial charge in [-0.3, -0.25) is 4.79 Å². The summed E-state index contributed by atoms with van der Waals surface area (Å²) in [5, 5.41) is 2.16. The number of ether oxygens (including phenoxy) is 1. The minimum Gasteiger partial charge on any atom is -0.469 e. The maximum Gasteiger partial charge on any atom is 0.314 e. The van der Waals surface area contributed by atoms with Crippen molar-refractivity contribution in [3.63, 3.8) is 0 Å². The lowest BCUT2D eigenvalue weighted by Gasteiger charge is -2.15. The van der Waals surface area contributed by atoms with Crippen molar-refractivity contribution in [2.45, 2.75) is 5.92 Å². The molecule has 0 amide bonds. The van der Waals surface area contributed by atoms with Crippen LogP contribution in [0.5, 0.6) is 0 Å². The Morgan fingerprint density at radius 3 is 2.65 bits per heavy atom. The van der Waals surface area contributed by atoms with Gasteiger partial charge in [0.05, 0.1) is 13.0 Å². The molecule has 0 fully saturated rings. The summed E-state index contributed by atoms with van der Waals surface area (Å²) in [4.78, 5) is 11.7. The minimum absolute atomic E-state index is 0.251. The van der Waals surface area contributed by atoms with Crippen LogP contribution >= 0.6 is 0 Å². The third-order valence-electron chi connectivity index (χ3n) is 2.92. The van der Waals surface area contributed by atoms with E-state index in [0.29, 0.717) is 0 Å². The topological polar surface area (TPSA) is 52.3 Å². The number of carbonyl (C=O) groups excluding carboxylic acids is 1. The van der Waals surface area contributed by atoms with Crippen LogP contribution in [0.4, 0.5) is 0 Å². The van der Waals surface area contributed by atoms with E-state index in [1.54, 1.807) is 0 Å². The lowest BCUT2D eigenvalue weighted by Crippen LogP contribution is -2.23. The third kappa shape index (κ3) is 2.15. The van der Waals surface area contributed by atoms with E-state index in [9.17, 15) is 4.79 Å². The van der Waals surface area contributed by atoms with Crippen LogP contribution in [0.3, 0.4) is 0 Å². The zero-order valence-electron chi connectivity index (χ0n) is 9.72. The van der Waals surface area contributed by atoms with Gasteiger partial charge in [-0.15, -0.1) is 0 Å². The standard InChI is InChI=1S/C14H15NO2/c1-17-14(16)13(9-15)12-8-4-6-10-5-2-3-7-11(10)12/h2-8,13H,9,15H2,1H3. The molecule has 2 N–H and O–H groups in total. The van der Waals surface area contributed by atoms with E-state index in [1.807, 2.05) is 42.5 Å². The summed E-state index contributed by atoms with van der Waals surface area (Å²) >= 11 is 0. The van der Waals surface area contributed by atoms with Crippen molar-refractivity contribution in [1.82, 2.24) is 0 Å². The molecule has 0 aliphatic carbocycles. The molecule has 0 saturated heterocycles. The summed E-state index contributed by atoms with van der Waals surface area (Å²) in [5.74, 6) is -0.685. The smallest absolute Gasteiger partial charge is 0.314 e. The molecule has 2 aromatic carbocycles. The maximum atomic E-state index is 11.7. The summed E-state index contributed by atoms with van der Waals surface area (Å²) in [5.41, 5.74) is 6.60. The average molecular weight is 229 g/mol. The Kier molecular flexibility index (Phi) is 3.40. The fourth-order valence-corrected chi connectivity index (χ4v) is 2.05. The van der Waals surface area contributed by atoms with E-state index in [4.69, 9.17) is 10.5 Å². The van der Waals surface area contributed by atoms with Crippen molar-refractivity contribution in [2.24, 2.45) is 5.73 Å². The number of benzene rings is 2. The second-order valence-electron chi connectivity index (χ2n) is 3.88. The number of hydrogen-bond acceptors (Lipinski definition) is 3.